The number of rotatable bonds is 7. The van der Waals surface area contributed by atoms with Gasteiger partial charge in [-0.25, -0.2) is 0 Å². The molecule has 0 aliphatic rings. The molecule has 1 N–H and O–H groups in total. The van der Waals surface area contributed by atoms with Crippen LogP contribution in [0.2, 0.25) is 5.02 Å². The first-order chi connectivity index (χ1) is 10.2. The number of benzene rings is 2. The van der Waals surface area contributed by atoms with Gasteiger partial charge in [-0.15, -0.1) is 0 Å². The van der Waals surface area contributed by atoms with Crippen molar-refractivity contribution in [3.63, 3.8) is 0 Å². The van der Waals surface area contributed by atoms with Gasteiger partial charge in [-0.3, -0.25) is 0 Å². The van der Waals surface area contributed by atoms with E-state index < -0.39 is 0 Å². The summed E-state index contributed by atoms with van der Waals surface area (Å²) in [5.41, 5.74) is 2.33. The molecule has 0 heterocycles. The molecule has 0 saturated heterocycles. The zero-order chi connectivity index (χ0) is 15.1. The molecule has 0 fully saturated rings. The largest absolute Gasteiger partial charge is 0.457 e. The van der Waals surface area contributed by atoms with Crippen molar-refractivity contribution in [2.75, 3.05) is 6.54 Å². The summed E-state index contributed by atoms with van der Waals surface area (Å²) in [6, 6.07) is 14.0. The Morgan fingerprint density at radius 2 is 1.86 bits per heavy atom. The Bertz CT molecular complexity index is 583. The lowest BCUT2D eigenvalue weighted by molar-refractivity contribution is 0.481. The second-order valence-electron chi connectivity index (χ2n) is 5.03. The average molecular weight is 304 g/mol. The SMILES string of the molecule is CCCNCc1cccc(Oc2ccc(Cl)c(CC)c2)c1. The molecular formula is C18H22ClNO. The van der Waals surface area contributed by atoms with E-state index in [1.165, 1.54) is 5.56 Å². The fourth-order valence-corrected chi connectivity index (χ4v) is 2.40. The number of ether oxygens (including phenoxy) is 1. The lowest BCUT2D eigenvalue weighted by Gasteiger charge is -2.10. The third-order valence-corrected chi connectivity index (χ3v) is 3.66. The molecule has 0 unspecified atom stereocenters. The van der Waals surface area contributed by atoms with Crippen LogP contribution in [-0.2, 0) is 13.0 Å². The summed E-state index contributed by atoms with van der Waals surface area (Å²) in [5.74, 6) is 1.69. The summed E-state index contributed by atoms with van der Waals surface area (Å²) in [6.07, 6.45) is 2.04. The summed E-state index contributed by atoms with van der Waals surface area (Å²) in [7, 11) is 0. The van der Waals surface area contributed by atoms with Crippen molar-refractivity contribution in [3.05, 3.63) is 58.6 Å². The van der Waals surface area contributed by atoms with Gasteiger partial charge in [0.15, 0.2) is 0 Å². The second-order valence-corrected chi connectivity index (χ2v) is 5.44. The van der Waals surface area contributed by atoms with Crippen LogP contribution >= 0.6 is 11.6 Å². The Hall–Kier alpha value is -1.51. The molecule has 2 aromatic rings. The number of halogens is 1. The van der Waals surface area contributed by atoms with Crippen molar-refractivity contribution in [2.45, 2.75) is 33.2 Å². The zero-order valence-electron chi connectivity index (χ0n) is 12.7. The summed E-state index contributed by atoms with van der Waals surface area (Å²) < 4.78 is 5.94. The summed E-state index contributed by atoms with van der Waals surface area (Å²) in [5, 5.41) is 4.19. The van der Waals surface area contributed by atoms with Crippen molar-refractivity contribution in [3.8, 4) is 11.5 Å². The van der Waals surface area contributed by atoms with Gasteiger partial charge in [-0.2, -0.15) is 0 Å². The van der Waals surface area contributed by atoms with E-state index >= 15 is 0 Å². The van der Waals surface area contributed by atoms with Gasteiger partial charge in [0.05, 0.1) is 0 Å². The molecule has 0 atom stereocenters. The third-order valence-electron chi connectivity index (χ3n) is 3.29. The molecule has 112 valence electrons. The molecule has 3 heteroatoms. The maximum Gasteiger partial charge on any atom is 0.127 e. The molecule has 0 bridgehead atoms. The van der Waals surface area contributed by atoms with E-state index in [9.17, 15) is 0 Å². The second kappa shape index (κ2) is 8.06. The summed E-state index contributed by atoms with van der Waals surface area (Å²) in [4.78, 5) is 0. The van der Waals surface area contributed by atoms with E-state index in [-0.39, 0.29) is 0 Å². The van der Waals surface area contributed by atoms with Gasteiger partial charge in [-0.05, 0) is 60.8 Å². The average Bonchev–Trinajstić information content (AvgIpc) is 2.50. The number of hydrogen-bond acceptors (Lipinski definition) is 2. The van der Waals surface area contributed by atoms with Gasteiger partial charge in [0.2, 0.25) is 0 Å². The Kier molecular flexibility index (Phi) is 6.09. The molecule has 0 saturated carbocycles. The highest BCUT2D eigenvalue weighted by Gasteiger charge is 2.03. The van der Waals surface area contributed by atoms with Crippen LogP contribution < -0.4 is 10.1 Å². The Labute approximate surface area is 132 Å². The summed E-state index contributed by atoms with van der Waals surface area (Å²) >= 11 is 6.13. The first-order valence-corrected chi connectivity index (χ1v) is 7.86. The zero-order valence-corrected chi connectivity index (χ0v) is 13.4. The minimum absolute atomic E-state index is 0.794. The van der Waals surface area contributed by atoms with E-state index in [2.05, 4.69) is 31.3 Å². The molecule has 0 spiro atoms. The Balaban J connectivity index is 2.07. The van der Waals surface area contributed by atoms with Crippen molar-refractivity contribution in [2.24, 2.45) is 0 Å². The molecule has 21 heavy (non-hydrogen) atoms. The standard InChI is InChI=1S/C18H22ClNO/c1-3-10-20-13-14-6-5-7-16(11-14)21-17-8-9-18(19)15(4-2)12-17/h5-9,11-12,20H,3-4,10,13H2,1-2H3. The van der Waals surface area contributed by atoms with E-state index in [4.69, 9.17) is 16.3 Å². The minimum atomic E-state index is 0.794. The predicted molar refractivity (Wildman–Crippen MR) is 89.3 cm³/mol. The normalized spacial score (nSPS) is 10.6. The number of nitrogens with one attached hydrogen (secondary N) is 1. The molecule has 0 radical (unpaired) electrons. The summed E-state index contributed by atoms with van der Waals surface area (Å²) in [6.45, 7) is 6.15. The van der Waals surface area contributed by atoms with Crippen LogP contribution in [0.1, 0.15) is 31.4 Å². The van der Waals surface area contributed by atoms with Crippen molar-refractivity contribution >= 4 is 11.6 Å². The quantitative estimate of drug-likeness (QED) is 0.710. The fraction of sp³-hybridized carbons (Fsp3) is 0.333. The third kappa shape index (κ3) is 4.76. The van der Waals surface area contributed by atoms with Crippen molar-refractivity contribution < 1.29 is 4.74 Å². The van der Waals surface area contributed by atoms with E-state index in [1.807, 2.05) is 30.3 Å². The highest BCUT2D eigenvalue weighted by molar-refractivity contribution is 6.31. The fourth-order valence-electron chi connectivity index (χ4n) is 2.15. The first kappa shape index (κ1) is 15.9. The number of aryl methyl sites for hydroxylation is 1. The predicted octanol–water partition coefficient (Wildman–Crippen LogP) is 5.19. The molecule has 0 aliphatic carbocycles. The molecule has 2 aromatic carbocycles. The van der Waals surface area contributed by atoms with Crippen molar-refractivity contribution in [1.82, 2.24) is 5.32 Å². The highest BCUT2D eigenvalue weighted by atomic mass is 35.5. The Morgan fingerprint density at radius 1 is 1.05 bits per heavy atom. The van der Waals surface area contributed by atoms with Crippen LogP contribution in [0.5, 0.6) is 11.5 Å². The van der Waals surface area contributed by atoms with Crippen LogP contribution in [0.25, 0.3) is 0 Å². The van der Waals surface area contributed by atoms with Crippen LogP contribution in [0.3, 0.4) is 0 Å². The van der Waals surface area contributed by atoms with Gasteiger partial charge in [0, 0.05) is 11.6 Å². The molecule has 2 rings (SSSR count). The van der Waals surface area contributed by atoms with Gasteiger partial charge in [-0.1, -0.05) is 37.6 Å². The topological polar surface area (TPSA) is 21.3 Å². The lowest BCUT2D eigenvalue weighted by Crippen LogP contribution is -2.13. The maximum absolute atomic E-state index is 6.13. The van der Waals surface area contributed by atoms with Crippen LogP contribution in [0.15, 0.2) is 42.5 Å². The lowest BCUT2D eigenvalue weighted by atomic mass is 10.1. The van der Waals surface area contributed by atoms with Gasteiger partial charge in [0.1, 0.15) is 11.5 Å². The molecule has 0 aliphatic heterocycles. The molecular weight excluding hydrogens is 282 g/mol. The monoisotopic (exact) mass is 303 g/mol. The van der Waals surface area contributed by atoms with E-state index in [0.29, 0.717) is 0 Å². The van der Waals surface area contributed by atoms with Gasteiger partial charge in [0.25, 0.3) is 0 Å². The smallest absolute Gasteiger partial charge is 0.127 e. The minimum Gasteiger partial charge on any atom is -0.457 e. The van der Waals surface area contributed by atoms with Gasteiger partial charge < -0.3 is 10.1 Å². The highest BCUT2D eigenvalue weighted by Crippen LogP contribution is 2.27. The van der Waals surface area contributed by atoms with E-state index in [1.54, 1.807) is 0 Å². The maximum atomic E-state index is 6.13. The van der Waals surface area contributed by atoms with Gasteiger partial charge >= 0.3 is 0 Å². The molecule has 2 nitrogen and oxygen atoms in total. The number of hydrogen-bond donors (Lipinski definition) is 1. The Morgan fingerprint density at radius 3 is 2.62 bits per heavy atom. The molecule has 0 amide bonds. The van der Waals surface area contributed by atoms with Crippen LogP contribution in [0.4, 0.5) is 0 Å². The molecule has 0 aromatic heterocycles. The van der Waals surface area contributed by atoms with Crippen molar-refractivity contribution in [1.29, 1.82) is 0 Å². The van der Waals surface area contributed by atoms with Crippen LogP contribution in [0, 0.1) is 0 Å². The van der Waals surface area contributed by atoms with E-state index in [0.717, 1.165) is 48.0 Å². The van der Waals surface area contributed by atoms with Crippen LogP contribution in [-0.4, -0.2) is 6.54 Å². The first-order valence-electron chi connectivity index (χ1n) is 7.49.